The minimum Gasteiger partial charge on any atom is -0.444 e. The molecule has 1 aromatic carbocycles. The van der Waals surface area contributed by atoms with Gasteiger partial charge in [0.1, 0.15) is 17.8 Å². The molecule has 0 fully saturated rings. The molecule has 2 atom stereocenters. The van der Waals surface area contributed by atoms with Crippen LogP contribution in [0.1, 0.15) is 44.6 Å². The van der Waals surface area contributed by atoms with Gasteiger partial charge in [0.05, 0.1) is 12.6 Å². The Morgan fingerprint density at radius 1 is 1.32 bits per heavy atom. The Morgan fingerprint density at radius 3 is 2.74 bits per heavy atom. The number of aromatic nitrogens is 3. The minimum absolute atomic E-state index is 0. The summed E-state index contributed by atoms with van der Waals surface area (Å²) in [5, 5.41) is 14.0. The Bertz CT molecular complexity index is 864. The van der Waals surface area contributed by atoms with Gasteiger partial charge in [-0.25, -0.2) is 14.5 Å². The highest BCUT2D eigenvalue weighted by Crippen LogP contribution is 2.14. The second-order valence-corrected chi connectivity index (χ2v) is 8.30. The molecule has 0 bridgehead atoms. The largest absolute Gasteiger partial charge is 0.444 e. The Labute approximate surface area is 200 Å². The third-order valence-electron chi connectivity index (χ3n) is 4.74. The quantitative estimate of drug-likeness (QED) is 0.306. The standard InChI is InChI=1S/C21H31N7O2.HI/c1-21(2,3)30-20(29)27-17(15-8-6-5-7-9-15)12-23-19(22-4)26-16-10-11-18-24-14-25-28(18)13-16;/h5-9,14,16-17H,10-13H2,1-4H3,(H,27,29)(H2,22,23,26);1H. The van der Waals surface area contributed by atoms with E-state index in [2.05, 4.69) is 31.0 Å². The van der Waals surface area contributed by atoms with Crippen molar-refractivity contribution in [3.8, 4) is 0 Å². The van der Waals surface area contributed by atoms with E-state index in [1.807, 2.05) is 55.8 Å². The molecular formula is C21H32IN7O2. The molecule has 0 saturated carbocycles. The smallest absolute Gasteiger partial charge is 0.408 e. The summed E-state index contributed by atoms with van der Waals surface area (Å²) in [6.45, 7) is 6.75. The van der Waals surface area contributed by atoms with E-state index in [-0.39, 0.29) is 36.1 Å². The van der Waals surface area contributed by atoms with Crippen molar-refractivity contribution in [1.82, 2.24) is 30.7 Å². The number of amides is 1. The number of benzene rings is 1. The number of halogens is 1. The summed E-state index contributed by atoms with van der Waals surface area (Å²) in [4.78, 5) is 20.9. The third-order valence-corrected chi connectivity index (χ3v) is 4.74. The molecule has 0 saturated heterocycles. The molecule has 2 heterocycles. The zero-order chi connectivity index (χ0) is 21.6. The van der Waals surface area contributed by atoms with Gasteiger partial charge in [0.25, 0.3) is 0 Å². The lowest BCUT2D eigenvalue weighted by atomic mass is 10.1. The lowest BCUT2D eigenvalue weighted by Gasteiger charge is -2.27. The molecule has 1 aliphatic heterocycles. The monoisotopic (exact) mass is 541 g/mol. The fourth-order valence-electron chi connectivity index (χ4n) is 3.33. The molecule has 9 nitrogen and oxygen atoms in total. The first kappa shape index (κ1) is 24.9. The van der Waals surface area contributed by atoms with Crippen molar-refractivity contribution in [2.75, 3.05) is 13.6 Å². The number of nitrogens with zero attached hydrogens (tertiary/aromatic N) is 4. The van der Waals surface area contributed by atoms with Crippen molar-refractivity contribution >= 4 is 36.0 Å². The highest BCUT2D eigenvalue weighted by molar-refractivity contribution is 14.0. The molecule has 3 N–H and O–H groups in total. The van der Waals surface area contributed by atoms with Crippen LogP contribution in [0.3, 0.4) is 0 Å². The number of aryl methyl sites for hydroxylation is 1. The molecule has 0 radical (unpaired) electrons. The van der Waals surface area contributed by atoms with Gasteiger partial charge in [0.2, 0.25) is 0 Å². The molecule has 2 aromatic rings. The van der Waals surface area contributed by atoms with Gasteiger partial charge in [0, 0.05) is 26.1 Å². The topological polar surface area (TPSA) is 105 Å². The molecular weight excluding hydrogens is 509 g/mol. The summed E-state index contributed by atoms with van der Waals surface area (Å²) in [5.41, 5.74) is 0.425. The lowest BCUT2D eigenvalue weighted by Crippen LogP contribution is -2.49. The van der Waals surface area contributed by atoms with E-state index in [0.29, 0.717) is 12.5 Å². The molecule has 1 aliphatic rings. The van der Waals surface area contributed by atoms with Crippen LogP contribution >= 0.6 is 24.0 Å². The van der Waals surface area contributed by atoms with Gasteiger partial charge in [-0.3, -0.25) is 4.99 Å². The Hall–Kier alpha value is -2.37. The van der Waals surface area contributed by atoms with E-state index in [0.717, 1.165) is 30.8 Å². The fourth-order valence-corrected chi connectivity index (χ4v) is 3.33. The van der Waals surface area contributed by atoms with Crippen molar-refractivity contribution in [2.24, 2.45) is 4.99 Å². The van der Waals surface area contributed by atoms with Crippen LogP contribution in [0.25, 0.3) is 0 Å². The first-order valence-corrected chi connectivity index (χ1v) is 10.2. The van der Waals surface area contributed by atoms with Crippen molar-refractivity contribution < 1.29 is 9.53 Å². The number of alkyl carbamates (subject to hydrolysis) is 1. The molecule has 10 heteroatoms. The lowest BCUT2D eigenvalue weighted by molar-refractivity contribution is 0.0504. The second kappa shape index (κ2) is 11.3. The predicted octanol–water partition coefficient (Wildman–Crippen LogP) is 2.64. The average Bonchev–Trinajstić information content (AvgIpc) is 3.17. The molecule has 170 valence electrons. The van der Waals surface area contributed by atoms with Gasteiger partial charge in [-0.05, 0) is 32.8 Å². The van der Waals surface area contributed by atoms with Crippen molar-refractivity contribution in [1.29, 1.82) is 0 Å². The molecule has 1 amide bonds. The third kappa shape index (κ3) is 7.67. The van der Waals surface area contributed by atoms with Crippen LogP contribution in [0.4, 0.5) is 4.79 Å². The van der Waals surface area contributed by atoms with E-state index in [1.54, 1.807) is 13.4 Å². The van der Waals surface area contributed by atoms with Crippen LogP contribution in [0, 0.1) is 0 Å². The zero-order valence-electron chi connectivity index (χ0n) is 18.5. The first-order valence-electron chi connectivity index (χ1n) is 10.2. The number of hydrogen-bond donors (Lipinski definition) is 3. The summed E-state index contributed by atoms with van der Waals surface area (Å²) in [7, 11) is 1.73. The zero-order valence-corrected chi connectivity index (χ0v) is 20.8. The normalized spacial score (nSPS) is 17.0. The number of rotatable bonds is 5. The number of ether oxygens (including phenoxy) is 1. The number of fused-ring (bicyclic) bond motifs is 1. The van der Waals surface area contributed by atoms with Crippen molar-refractivity contribution in [3.63, 3.8) is 0 Å². The number of carbonyl (C=O) groups excluding carboxylic acids is 1. The number of hydrogen-bond acceptors (Lipinski definition) is 5. The van der Waals surface area contributed by atoms with Crippen LogP contribution in [-0.2, 0) is 17.7 Å². The van der Waals surface area contributed by atoms with E-state index < -0.39 is 11.7 Å². The summed E-state index contributed by atoms with van der Waals surface area (Å²) in [6.07, 6.45) is 2.98. The van der Waals surface area contributed by atoms with E-state index >= 15 is 0 Å². The van der Waals surface area contributed by atoms with Crippen molar-refractivity contribution in [3.05, 3.63) is 48.0 Å². The van der Waals surface area contributed by atoms with E-state index in [4.69, 9.17) is 4.74 Å². The number of guanidine groups is 1. The maximum Gasteiger partial charge on any atom is 0.408 e. The number of carbonyl (C=O) groups is 1. The first-order chi connectivity index (χ1) is 14.3. The van der Waals surface area contributed by atoms with Crippen LogP contribution < -0.4 is 16.0 Å². The van der Waals surface area contributed by atoms with Crippen LogP contribution in [0.15, 0.2) is 41.7 Å². The Balaban J connectivity index is 0.00000341. The van der Waals surface area contributed by atoms with Crippen LogP contribution in [0.2, 0.25) is 0 Å². The van der Waals surface area contributed by atoms with E-state index in [9.17, 15) is 4.79 Å². The molecule has 0 spiro atoms. The molecule has 3 rings (SSSR count). The van der Waals surface area contributed by atoms with E-state index in [1.165, 1.54) is 0 Å². The Morgan fingerprint density at radius 2 is 2.06 bits per heavy atom. The maximum atomic E-state index is 12.3. The summed E-state index contributed by atoms with van der Waals surface area (Å²) >= 11 is 0. The maximum absolute atomic E-state index is 12.3. The Kier molecular flexibility index (Phi) is 9.08. The van der Waals surface area contributed by atoms with Crippen LogP contribution in [0.5, 0.6) is 0 Å². The number of nitrogens with one attached hydrogen (secondary N) is 3. The summed E-state index contributed by atoms with van der Waals surface area (Å²) < 4.78 is 7.35. The molecule has 1 aromatic heterocycles. The predicted molar refractivity (Wildman–Crippen MR) is 131 cm³/mol. The molecule has 31 heavy (non-hydrogen) atoms. The van der Waals surface area contributed by atoms with Crippen LogP contribution in [-0.4, -0.2) is 52.1 Å². The second-order valence-electron chi connectivity index (χ2n) is 8.30. The van der Waals surface area contributed by atoms with Gasteiger partial charge in [-0.15, -0.1) is 24.0 Å². The average molecular weight is 541 g/mol. The molecule has 2 unspecified atom stereocenters. The minimum atomic E-state index is -0.558. The van der Waals surface area contributed by atoms with Gasteiger partial charge in [0.15, 0.2) is 5.96 Å². The fraction of sp³-hybridized carbons (Fsp3) is 0.524. The van der Waals surface area contributed by atoms with Gasteiger partial charge < -0.3 is 20.7 Å². The SMILES string of the molecule is CN=C(NCC(NC(=O)OC(C)(C)C)c1ccccc1)NC1CCc2ncnn2C1.I. The summed E-state index contributed by atoms with van der Waals surface area (Å²) in [5.74, 6) is 1.69. The number of aliphatic imine (C=N–C) groups is 1. The molecule has 0 aliphatic carbocycles. The highest BCUT2D eigenvalue weighted by atomic mass is 127. The van der Waals surface area contributed by atoms with Gasteiger partial charge in [-0.1, -0.05) is 30.3 Å². The highest BCUT2D eigenvalue weighted by Gasteiger charge is 2.23. The van der Waals surface area contributed by atoms with Gasteiger partial charge >= 0.3 is 6.09 Å². The van der Waals surface area contributed by atoms with Crippen molar-refractivity contribution in [2.45, 2.75) is 57.8 Å². The van der Waals surface area contributed by atoms with Gasteiger partial charge in [-0.2, -0.15) is 5.10 Å². The summed E-state index contributed by atoms with van der Waals surface area (Å²) in [6, 6.07) is 9.74.